The Morgan fingerprint density at radius 1 is 1.53 bits per heavy atom. The summed E-state index contributed by atoms with van der Waals surface area (Å²) in [5.41, 5.74) is 7.54. The highest BCUT2D eigenvalue weighted by Gasteiger charge is 2.22. The number of pyridine rings is 1. The zero-order chi connectivity index (χ0) is 13.2. The first-order chi connectivity index (χ1) is 7.71. The second-order valence-corrected chi connectivity index (χ2v) is 5.40. The number of rotatable bonds is 3. The van der Waals surface area contributed by atoms with Crippen LogP contribution in [0.15, 0.2) is 12.3 Å². The summed E-state index contributed by atoms with van der Waals surface area (Å²) in [7, 11) is 0. The van der Waals surface area contributed by atoms with Crippen LogP contribution < -0.4 is 5.73 Å². The van der Waals surface area contributed by atoms with E-state index in [0.717, 1.165) is 5.69 Å². The molecule has 1 aromatic heterocycles. The van der Waals surface area contributed by atoms with Gasteiger partial charge in [0.05, 0.1) is 4.92 Å². The van der Waals surface area contributed by atoms with Gasteiger partial charge in [0.15, 0.2) is 0 Å². The van der Waals surface area contributed by atoms with E-state index in [1.54, 1.807) is 13.0 Å². The van der Waals surface area contributed by atoms with Crippen molar-refractivity contribution >= 4 is 5.69 Å². The molecule has 1 heterocycles. The summed E-state index contributed by atoms with van der Waals surface area (Å²) in [5, 5.41) is 10.7. The van der Waals surface area contributed by atoms with Crippen LogP contribution in [0.2, 0.25) is 0 Å². The van der Waals surface area contributed by atoms with Crippen LogP contribution >= 0.6 is 0 Å². The molecule has 17 heavy (non-hydrogen) atoms. The van der Waals surface area contributed by atoms with Gasteiger partial charge in [-0.05, 0) is 18.4 Å². The summed E-state index contributed by atoms with van der Waals surface area (Å²) in [6.07, 6.45) is 1.93. The standard InChI is InChI=1S/C12H19N3O2/c1-8-5-9(6-11(13)12(2,3)4)14-7-10(8)15(16)17/h5,7,11H,6,13H2,1-4H3. The van der Waals surface area contributed by atoms with Crippen LogP contribution in [0.1, 0.15) is 32.0 Å². The predicted molar refractivity (Wildman–Crippen MR) is 66.8 cm³/mol. The Kier molecular flexibility index (Phi) is 3.83. The quantitative estimate of drug-likeness (QED) is 0.645. The summed E-state index contributed by atoms with van der Waals surface area (Å²) in [4.78, 5) is 14.3. The fourth-order valence-corrected chi connectivity index (χ4v) is 1.44. The van der Waals surface area contributed by atoms with Crippen LogP contribution in [0, 0.1) is 22.5 Å². The van der Waals surface area contributed by atoms with Crippen LogP contribution in [-0.2, 0) is 6.42 Å². The number of hydrogen-bond donors (Lipinski definition) is 1. The third-order valence-corrected chi connectivity index (χ3v) is 2.88. The maximum absolute atomic E-state index is 10.7. The molecular weight excluding hydrogens is 218 g/mol. The van der Waals surface area contributed by atoms with E-state index in [-0.39, 0.29) is 17.1 Å². The molecule has 0 aliphatic heterocycles. The molecule has 0 radical (unpaired) electrons. The highest BCUT2D eigenvalue weighted by molar-refractivity contribution is 5.37. The van der Waals surface area contributed by atoms with Crippen molar-refractivity contribution in [2.75, 3.05) is 0 Å². The van der Waals surface area contributed by atoms with Crippen molar-refractivity contribution in [2.24, 2.45) is 11.1 Å². The molecule has 0 fully saturated rings. The minimum atomic E-state index is -0.421. The lowest BCUT2D eigenvalue weighted by molar-refractivity contribution is -0.385. The second kappa shape index (κ2) is 4.79. The van der Waals surface area contributed by atoms with Crippen LogP contribution in [-0.4, -0.2) is 15.9 Å². The molecule has 1 aromatic rings. The molecule has 2 N–H and O–H groups in total. The normalized spacial score (nSPS) is 13.5. The molecule has 5 heteroatoms. The molecule has 0 aliphatic rings. The van der Waals surface area contributed by atoms with E-state index in [1.165, 1.54) is 6.20 Å². The van der Waals surface area contributed by atoms with Gasteiger partial charge in [0.2, 0.25) is 0 Å². The molecule has 1 rings (SSSR count). The van der Waals surface area contributed by atoms with Crippen LogP contribution in [0.5, 0.6) is 0 Å². The topological polar surface area (TPSA) is 82.0 Å². The molecular formula is C12H19N3O2. The average molecular weight is 237 g/mol. The summed E-state index contributed by atoms with van der Waals surface area (Å²) in [6, 6.07) is 1.72. The maximum atomic E-state index is 10.7. The van der Waals surface area contributed by atoms with Crippen molar-refractivity contribution in [3.05, 3.63) is 33.6 Å². The van der Waals surface area contributed by atoms with Crippen molar-refractivity contribution in [2.45, 2.75) is 40.2 Å². The zero-order valence-electron chi connectivity index (χ0n) is 10.7. The van der Waals surface area contributed by atoms with E-state index in [0.29, 0.717) is 12.0 Å². The number of hydrogen-bond acceptors (Lipinski definition) is 4. The van der Waals surface area contributed by atoms with Crippen LogP contribution in [0.25, 0.3) is 0 Å². The Balaban J connectivity index is 2.88. The van der Waals surface area contributed by atoms with Gasteiger partial charge >= 0.3 is 0 Å². The maximum Gasteiger partial charge on any atom is 0.290 e. The summed E-state index contributed by atoms with van der Waals surface area (Å²) in [6.45, 7) is 7.91. The van der Waals surface area contributed by atoms with Crippen molar-refractivity contribution in [1.82, 2.24) is 4.98 Å². The van der Waals surface area contributed by atoms with Crippen molar-refractivity contribution in [3.8, 4) is 0 Å². The summed E-state index contributed by atoms with van der Waals surface area (Å²) < 4.78 is 0. The van der Waals surface area contributed by atoms with Gasteiger partial charge in [0.25, 0.3) is 5.69 Å². The highest BCUT2D eigenvalue weighted by atomic mass is 16.6. The van der Waals surface area contributed by atoms with Gasteiger partial charge < -0.3 is 5.73 Å². The van der Waals surface area contributed by atoms with Gasteiger partial charge in [-0.1, -0.05) is 20.8 Å². The minimum absolute atomic E-state index is 0.00262. The third kappa shape index (κ3) is 3.49. The Morgan fingerprint density at radius 2 is 2.12 bits per heavy atom. The van der Waals surface area contributed by atoms with Gasteiger partial charge in [-0.2, -0.15) is 0 Å². The highest BCUT2D eigenvalue weighted by Crippen LogP contribution is 2.22. The van der Waals surface area contributed by atoms with E-state index in [1.807, 2.05) is 0 Å². The zero-order valence-corrected chi connectivity index (χ0v) is 10.7. The number of nitrogens with two attached hydrogens (primary N) is 1. The predicted octanol–water partition coefficient (Wildman–Crippen LogP) is 2.21. The fraction of sp³-hybridized carbons (Fsp3) is 0.583. The van der Waals surface area contributed by atoms with E-state index >= 15 is 0 Å². The number of aromatic nitrogens is 1. The van der Waals surface area contributed by atoms with E-state index in [2.05, 4.69) is 25.8 Å². The Bertz CT molecular complexity index is 424. The molecule has 0 saturated carbocycles. The molecule has 94 valence electrons. The lowest BCUT2D eigenvalue weighted by Crippen LogP contribution is -2.37. The molecule has 1 atom stereocenters. The lowest BCUT2D eigenvalue weighted by Gasteiger charge is -2.26. The van der Waals surface area contributed by atoms with Crippen molar-refractivity contribution in [3.63, 3.8) is 0 Å². The molecule has 0 aromatic carbocycles. The minimum Gasteiger partial charge on any atom is -0.327 e. The smallest absolute Gasteiger partial charge is 0.290 e. The lowest BCUT2D eigenvalue weighted by atomic mass is 9.84. The first-order valence-electron chi connectivity index (χ1n) is 5.57. The molecule has 5 nitrogen and oxygen atoms in total. The van der Waals surface area contributed by atoms with Crippen molar-refractivity contribution in [1.29, 1.82) is 0 Å². The summed E-state index contributed by atoms with van der Waals surface area (Å²) in [5.74, 6) is 0. The number of aryl methyl sites for hydroxylation is 1. The molecule has 0 saturated heterocycles. The van der Waals surface area contributed by atoms with E-state index in [4.69, 9.17) is 5.73 Å². The van der Waals surface area contributed by atoms with Crippen LogP contribution in [0.4, 0.5) is 5.69 Å². The third-order valence-electron chi connectivity index (χ3n) is 2.88. The molecule has 0 spiro atoms. The van der Waals surface area contributed by atoms with Gasteiger partial charge in [0, 0.05) is 23.7 Å². The van der Waals surface area contributed by atoms with Crippen molar-refractivity contribution < 1.29 is 4.92 Å². The molecule has 0 amide bonds. The SMILES string of the molecule is Cc1cc(CC(N)C(C)(C)C)ncc1[N+](=O)[O-]. The fourth-order valence-electron chi connectivity index (χ4n) is 1.44. The Hall–Kier alpha value is -1.49. The van der Waals surface area contributed by atoms with Gasteiger partial charge in [-0.3, -0.25) is 15.1 Å². The molecule has 0 bridgehead atoms. The monoisotopic (exact) mass is 237 g/mol. The Labute approximate surface area is 101 Å². The van der Waals surface area contributed by atoms with Gasteiger partial charge in [0.1, 0.15) is 6.20 Å². The van der Waals surface area contributed by atoms with E-state index in [9.17, 15) is 10.1 Å². The Morgan fingerprint density at radius 3 is 2.53 bits per heavy atom. The van der Waals surface area contributed by atoms with Gasteiger partial charge in [-0.15, -0.1) is 0 Å². The van der Waals surface area contributed by atoms with E-state index < -0.39 is 4.92 Å². The molecule has 0 aliphatic carbocycles. The molecule has 1 unspecified atom stereocenters. The number of nitro groups is 1. The number of nitrogens with zero attached hydrogens (tertiary/aromatic N) is 2. The summed E-state index contributed by atoms with van der Waals surface area (Å²) >= 11 is 0. The first-order valence-corrected chi connectivity index (χ1v) is 5.57. The largest absolute Gasteiger partial charge is 0.327 e. The average Bonchev–Trinajstić information content (AvgIpc) is 2.15. The van der Waals surface area contributed by atoms with Gasteiger partial charge in [-0.25, -0.2) is 0 Å². The second-order valence-electron chi connectivity index (χ2n) is 5.40. The van der Waals surface area contributed by atoms with Crippen LogP contribution in [0.3, 0.4) is 0 Å². The first kappa shape index (κ1) is 13.6.